The zero-order valence-electron chi connectivity index (χ0n) is 9.47. The maximum absolute atomic E-state index is 11.0. The highest BCUT2D eigenvalue weighted by Crippen LogP contribution is 2.15. The van der Waals surface area contributed by atoms with Crippen molar-refractivity contribution in [3.05, 3.63) is 47.4 Å². The molecular formula is C13H14N2O. The molecule has 0 saturated carbocycles. The smallest absolute Gasteiger partial charge is 0.166 e. The molecule has 82 valence electrons. The van der Waals surface area contributed by atoms with Gasteiger partial charge in [0.2, 0.25) is 0 Å². The van der Waals surface area contributed by atoms with Crippen LogP contribution in [0.1, 0.15) is 28.7 Å². The van der Waals surface area contributed by atoms with Crippen molar-refractivity contribution in [2.75, 3.05) is 0 Å². The third-order valence-corrected chi connectivity index (χ3v) is 2.60. The lowest BCUT2D eigenvalue weighted by atomic mass is 10.3. The molecule has 0 saturated heterocycles. The standard InChI is InChI=1S/C13H14N2O/c1-3-11-4-5-12(9-16)15(11)13-8-10(2)6-7-14-13/h4-9H,3H2,1-2H3. The van der Waals surface area contributed by atoms with Crippen LogP contribution in [-0.2, 0) is 6.42 Å². The van der Waals surface area contributed by atoms with Crippen molar-refractivity contribution in [2.24, 2.45) is 0 Å². The molecule has 0 spiro atoms. The molecule has 0 aliphatic carbocycles. The third kappa shape index (κ3) is 1.76. The predicted molar refractivity (Wildman–Crippen MR) is 63.1 cm³/mol. The number of rotatable bonds is 3. The molecule has 0 fully saturated rings. The van der Waals surface area contributed by atoms with Gasteiger partial charge in [-0.3, -0.25) is 9.36 Å². The van der Waals surface area contributed by atoms with Gasteiger partial charge in [0.1, 0.15) is 5.82 Å². The fourth-order valence-electron chi connectivity index (χ4n) is 1.79. The van der Waals surface area contributed by atoms with Crippen molar-refractivity contribution in [1.29, 1.82) is 0 Å². The number of pyridine rings is 1. The number of aromatic nitrogens is 2. The second kappa shape index (κ2) is 4.31. The highest BCUT2D eigenvalue weighted by atomic mass is 16.1. The lowest BCUT2D eigenvalue weighted by Gasteiger charge is -2.09. The van der Waals surface area contributed by atoms with Crippen LogP contribution in [0.2, 0.25) is 0 Å². The lowest BCUT2D eigenvalue weighted by molar-refractivity contribution is 0.111. The van der Waals surface area contributed by atoms with Gasteiger partial charge in [0.15, 0.2) is 6.29 Å². The molecule has 16 heavy (non-hydrogen) atoms. The van der Waals surface area contributed by atoms with Gasteiger partial charge in [-0.05, 0) is 43.2 Å². The zero-order valence-corrected chi connectivity index (χ0v) is 9.47. The number of aryl methyl sites for hydroxylation is 2. The Bertz CT molecular complexity index is 514. The monoisotopic (exact) mass is 214 g/mol. The number of aldehydes is 1. The van der Waals surface area contributed by atoms with E-state index in [-0.39, 0.29) is 0 Å². The second-order valence-electron chi connectivity index (χ2n) is 3.75. The van der Waals surface area contributed by atoms with E-state index in [0.29, 0.717) is 5.69 Å². The third-order valence-electron chi connectivity index (χ3n) is 2.60. The van der Waals surface area contributed by atoms with Crippen molar-refractivity contribution in [3.8, 4) is 5.82 Å². The Morgan fingerprint density at radius 1 is 1.38 bits per heavy atom. The molecule has 0 atom stereocenters. The first-order chi connectivity index (χ1) is 7.76. The van der Waals surface area contributed by atoms with E-state index in [1.54, 1.807) is 6.20 Å². The molecule has 0 N–H and O–H groups in total. The summed E-state index contributed by atoms with van der Waals surface area (Å²) in [5.41, 5.74) is 2.88. The Morgan fingerprint density at radius 3 is 2.81 bits per heavy atom. The number of hydrogen-bond donors (Lipinski definition) is 0. The molecular weight excluding hydrogens is 200 g/mol. The van der Waals surface area contributed by atoms with Crippen LogP contribution in [0.5, 0.6) is 0 Å². The Kier molecular flexibility index (Phi) is 2.86. The van der Waals surface area contributed by atoms with Crippen LogP contribution in [0.25, 0.3) is 5.82 Å². The Hall–Kier alpha value is -1.90. The van der Waals surface area contributed by atoms with Crippen molar-refractivity contribution in [1.82, 2.24) is 9.55 Å². The van der Waals surface area contributed by atoms with E-state index in [4.69, 9.17) is 0 Å². The van der Waals surface area contributed by atoms with Gasteiger partial charge < -0.3 is 0 Å². The van der Waals surface area contributed by atoms with Crippen LogP contribution in [0, 0.1) is 6.92 Å². The summed E-state index contributed by atoms with van der Waals surface area (Å²) < 4.78 is 1.90. The van der Waals surface area contributed by atoms with Gasteiger partial charge in [0.05, 0.1) is 5.69 Å². The average molecular weight is 214 g/mol. The van der Waals surface area contributed by atoms with Crippen LogP contribution in [0.4, 0.5) is 0 Å². The minimum absolute atomic E-state index is 0.648. The first-order valence-corrected chi connectivity index (χ1v) is 5.35. The van der Waals surface area contributed by atoms with Crippen molar-refractivity contribution < 1.29 is 4.79 Å². The van der Waals surface area contributed by atoms with Crippen molar-refractivity contribution in [3.63, 3.8) is 0 Å². The second-order valence-corrected chi connectivity index (χ2v) is 3.75. The van der Waals surface area contributed by atoms with E-state index in [1.807, 2.05) is 35.8 Å². The van der Waals surface area contributed by atoms with Gasteiger partial charge in [-0.15, -0.1) is 0 Å². The first kappa shape index (κ1) is 10.6. The molecule has 2 aromatic heterocycles. The summed E-state index contributed by atoms with van der Waals surface area (Å²) in [7, 11) is 0. The quantitative estimate of drug-likeness (QED) is 0.736. The van der Waals surface area contributed by atoms with Crippen LogP contribution < -0.4 is 0 Å². The van der Waals surface area contributed by atoms with Gasteiger partial charge in [-0.2, -0.15) is 0 Å². The molecule has 0 unspecified atom stereocenters. The average Bonchev–Trinajstić information content (AvgIpc) is 2.71. The summed E-state index contributed by atoms with van der Waals surface area (Å²) in [5, 5.41) is 0. The fraction of sp³-hybridized carbons (Fsp3) is 0.231. The highest BCUT2D eigenvalue weighted by molar-refractivity contribution is 5.74. The lowest BCUT2D eigenvalue weighted by Crippen LogP contribution is -2.05. The topological polar surface area (TPSA) is 34.9 Å². The van der Waals surface area contributed by atoms with Crippen LogP contribution >= 0.6 is 0 Å². The zero-order chi connectivity index (χ0) is 11.5. The molecule has 0 aliphatic rings. The fourth-order valence-corrected chi connectivity index (χ4v) is 1.79. The number of hydrogen-bond acceptors (Lipinski definition) is 2. The van der Waals surface area contributed by atoms with E-state index in [9.17, 15) is 4.79 Å². The molecule has 3 heteroatoms. The van der Waals surface area contributed by atoms with E-state index in [0.717, 1.165) is 29.8 Å². The molecule has 2 heterocycles. The molecule has 3 nitrogen and oxygen atoms in total. The maximum Gasteiger partial charge on any atom is 0.166 e. The molecule has 2 rings (SSSR count). The van der Waals surface area contributed by atoms with E-state index in [2.05, 4.69) is 11.9 Å². The number of nitrogens with zero attached hydrogens (tertiary/aromatic N) is 2. The molecule has 0 aliphatic heterocycles. The van der Waals surface area contributed by atoms with Gasteiger partial charge in [0.25, 0.3) is 0 Å². The van der Waals surface area contributed by atoms with E-state index < -0.39 is 0 Å². The molecule has 0 amide bonds. The molecule has 2 aromatic rings. The first-order valence-electron chi connectivity index (χ1n) is 5.35. The van der Waals surface area contributed by atoms with Gasteiger partial charge in [-0.1, -0.05) is 6.92 Å². The Morgan fingerprint density at radius 2 is 2.19 bits per heavy atom. The van der Waals surface area contributed by atoms with E-state index >= 15 is 0 Å². The van der Waals surface area contributed by atoms with E-state index in [1.165, 1.54) is 0 Å². The van der Waals surface area contributed by atoms with Crippen molar-refractivity contribution >= 4 is 6.29 Å². The maximum atomic E-state index is 11.0. The summed E-state index contributed by atoms with van der Waals surface area (Å²) in [4.78, 5) is 15.3. The number of carbonyl (C=O) groups is 1. The SMILES string of the molecule is CCc1ccc(C=O)n1-c1cc(C)ccn1. The minimum atomic E-state index is 0.648. The molecule has 0 aromatic carbocycles. The van der Waals surface area contributed by atoms with Crippen LogP contribution in [0.15, 0.2) is 30.5 Å². The summed E-state index contributed by atoms with van der Waals surface area (Å²) in [6.07, 6.45) is 3.51. The van der Waals surface area contributed by atoms with Crippen LogP contribution in [-0.4, -0.2) is 15.8 Å². The van der Waals surface area contributed by atoms with Crippen LogP contribution in [0.3, 0.4) is 0 Å². The Labute approximate surface area is 94.7 Å². The minimum Gasteiger partial charge on any atom is -0.296 e. The number of carbonyl (C=O) groups excluding carboxylic acids is 1. The van der Waals surface area contributed by atoms with Crippen molar-refractivity contribution in [2.45, 2.75) is 20.3 Å². The Balaban J connectivity index is 2.61. The molecule has 0 bridgehead atoms. The molecule has 0 radical (unpaired) electrons. The summed E-state index contributed by atoms with van der Waals surface area (Å²) in [6, 6.07) is 7.72. The summed E-state index contributed by atoms with van der Waals surface area (Å²) in [6.45, 7) is 4.08. The normalized spacial score (nSPS) is 10.4. The summed E-state index contributed by atoms with van der Waals surface area (Å²) in [5.74, 6) is 0.809. The van der Waals surface area contributed by atoms with Gasteiger partial charge in [0, 0.05) is 11.9 Å². The largest absolute Gasteiger partial charge is 0.296 e. The van der Waals surface area contributed by atoms with Gasteiger partial charge in [-0.25, -0.2) is 4.98 Å². The predicted octanol–water partition coefficient (Wildman–Crippen LogP) is 2.56. The van der Waals surface area contributed by atoms with Gasteiger partial charge >= 0.3 is 0 Å². The highest BCUT2D eigenvalue weighted by Gasteiger charge is 2.08. The summed E-state index contributed by atoms with van der Waals surface area (Å²) >= 11 is 0.